The first-order valence-electron chi connectivity index (χ1n) is 6.02. The summed E-state index contributed by atoms with van der Waals surface area (Å²) >= 11 is 0. The summed E-state index contributed by atoms with van der Waals surface area (Å²) in [5.41, 5.74) is 0.428. The lowest BCUT2D eigenvalue weighted by Crippen LogP contribution is -2.31. The predicted molar refractivity (Wildman–Crippen MR) is 67.5 cm³/mol. The van der Waals surface area contributed by atoms with Gasteiger partial charge in [0.05, 0.1) is 12.7 Å². The van der Waals surface area contributed by atoms with E-state index in [0.29, 0.717) is 18.7 Å². The Balaban J connectivity index is 2.55. The highest BCUT2D eigenvalue weighted by atomic mass is 19.4. The molecule has 0 amide bonds. The fourth-order valence-corrected chi connectivity index (χ4v) is 1.64. The van der Waals surface area contributed by atoms with Gasteiger partial charge in [-0.25, -0.2) is 0 Å². The molecule has 0 fully saturated rings. The Kier molecular flexibility index (Phi) is 6.77. The highest BCUT2D eigenvalue weighted by Crippen LogP contribution is 2.25. The summed E-state index contributed by atoms with van der Waals surface area (Å²) in [5, 5.41) is 3.01. The number of rotatable bonds is 8. The van der Waals surface area contributed by atoms with Crippen LogP contribution in [0.5, 0.6) is 5.75 Å². The molecule has 0 saturated carbocycles. The molecule has 0 radical (unpaired) electrons. The van der Waals surface area contributed by atoms with Crippen molar-refractivity contribution in [1.29, 1.82) is 0 Å². The van der Waals surface area contributed by atoms with Crippen LogP contribution in [-0.4, -0.2) is 39.8 Å². The van der Waals surface area contributed by atoms with Crippen molar-refractivity contribution >= 4 is 0 Å². The molecule has 0 aliphatic heterocycles. The first-order valence-corrected chi connectivity index (χ1v) is 6.02. The van der Waals surface area contributed by atoms with Gasteiger partial charge in [0, 0.05) is 32.9 Å². The number of halogens is 3. The van der Waals surface area contributed by atoms with Crippen LogP contribution < -0.4 is 10.1 Å². The molecular weight excluding hydrogens is 275 g/mol. The van der Waals surface area contributed by atoms with E-state index in [-0.39, 0.29) is 18.4 Å². The fraction of sp³-hybridized carbons (Fsp3) is 0.538. The van der Waals surface area contributed by atoms with Crippen LogP contribution in [0, 0.1) is 0 Å². The molecule has 0 spiro atoms. The SMILES string of the molecule is COCC(CNCc1ccccc1OC(F)(F)F)OC. The number of benzene rings is 1. The van der Waals surface area contributed by atoms with E-state index in [1.807, 2.05) is 0 Å². The standard InChI is InChI=1S/C13H18F3NO3/c1-18-9-11(19-2)8-17-7-10-5-3-4-6-12(10)20-13(14,15)16/h3-6,11,17H,7-9H2,1-2H3. The lowest BCUT2D eigenvalue weighted by atomic mass is 10.2. The zero-order chi connectivity index (χ0) is 15.0. The first kappa shape index (κ1) is 16.7. The average Bonchev–Trinajstić information content (AvgIpc) is 2.38. The smallest absolute Gasteiger partial charge is 0.405 e. The van der Waals surface area contributed by atoms with Crippen molar-refractivity contribution in [3.8, 4) is 5.75 Å². The van der Waals surface area contributed by atoms with Crippen LogP contribution >= 0.6 is 0 Å². The Labute approximate surface area is 115 Å². The van der Waals surface area contributed by atoms with E-state index in [1.165, 1.54) is 12.1 Å². The highest BCUT2D eigenvalue weighted by Gasteiger charge is 2.31. The topological polar surface area (TPSA) is 39.7 Å². The number of hydrogen-bond acceptors (Lipinski definition) is 4. The highest BCUT2D eigenvalue weighted by molar-refractivity contribution is 5.33. The summed E-state index contributed by atoms with van der Waals surface area (Å²) in [6.45, 7) is 1.12. The van der Waals surface area contributed by atoms with Crippen molar-refractivity contribution < 1.29 is 27.4 Å². The van der Waals surface area contributed by atoms with Gasteiger partial charge in [-0.3, -0.25) is 0 Å². The third kappa shape index (κ3) is 6.23. The van der Waals surface area contributed by atoms with Crippen LogP contribution in [0.25, 0.3) is 0 Å². The molecule has 0 aliphatic rings. The number of nitrogens with one attached hydrogen (secondary N) is 1. The zero-order valence-electron chi connectivity index (χ0n) is 11.4. The van der Waals surface area contributed by atoms with E-state index in [1.54, 1.807) is 26.4 Å². The minimum absolute atomic E-state index is 0.157. The average molecular weight is 293 g/mol. The molecular formula is C13H18F3NO3. The van der Waals surface area contributed by atoms with E-state index >= 15 is 0 Å². The van der Waals surface area contributed by atoms with Gasteiger partial charge in [-0.05, 0) is 6.07 Å². The quantitative estimate of drug-likeness (QED) is 0.798. The van der Waals surface area contributed by atoms with Gasteiger partial charge >= 0.3 is 6.36 Å². The largest absolute Gasteiger partial charge is 0.573 e. The molecule has 1 atom stereocenters. The van der Waals surface area contributed by atoms with Crippen molar-refractivity contribution in [3.63, 3.8) is 0 Å². The molecule has 0 saturated heterocycles. The maximum Gasteiger partial charge on any atom is 0.573 e. The molecule has 1 unspecified atom stereocenters. The second-order valence-electron chi connectivity index (χ2n) is 4.10. The third-order valence-electron chi connectivity index (χ3n) is 2.57. The Morgan fingerprint density at radius 1 is 1.20 bits per heavy atom. The number of methoxy groups -OCH3 is 2. The normalized spacial score (nSPS) is 13.2. The monoisotopic (exact) mass is 293 g/mol. The molecule has 1 aromatic rings. The van der Waals surface area contributed by atoms with Crippen molar-refractivity contribution in [2.45, 2.75) is 19.0 Å². The first-order chi connectivity index (χ1) is 9.46. The van der Waals surface area contributed by atoms with E-state index in [0.717, 1.165) is 0 Å². The van der Waals surface area contributed by atoms with Crippen LogP contribution in [-0.2, 0) is 16.0 Å². The van der Waals surface area contributed by atoms with E-state index in [4.69, 9.17) is 9.47 Å². The minimum atomic E-state index is -4.69. The van der Waals surface area contributed by atoms with E-state index in [2.05, 4.69) is 10.1 Å². The van der Waals surface area contributed by atoms with Gasteiger partial charge in [0.2, 0.25) is 0 Å². The van der Waals surface area contributed by atoms with Crippen LogP contribution in [0.1, 0.15) is 5.56 Å². The second-order valence-corrected chi connectivity index (χ2v) is 4.10. The van der Waals surface area contributed by atoms with Crippen LogP contribution in [0.4, 0.5) is 13.2 Å². The summed E-state index contributed by atoms with van der Waals surface area (Å²) in [6.07, 6.45) is -4.85. The molecule has 7 heteroatoms. The van der Waals surface area contributed by atoms with Crippen molar-refractivity contribution in [2.75, 3.05) is 27.4 Å². The second kappa shape index (κ2) is 8.08. The molecule has 0 aliphatic carbocycles. The van der Waals surface area contributed by atoms with Gasteiger partial charge in [-0.2, -0.15) is 0 Å². The Hall–Kier alpha value is -1.31. The van der Waals surface area contributed by atoms with Crippen LogP contribution in [0.3, 0.4) is 0 Å². The number of hydrogen-bond donors (Lipinski definition) is 1. The van der Waals surface area contributed by atoms with Crippen molar-refractivity contribution in [3.05, 3.63) is 29.8 Å². The van der Waals surface area contributed by atoms with Gasteiger partial charge in [0.1, 0.15) is 5.75 Å². The molecule has 0 aromatic heterocycles. The van der Waals surface area contributed by atoms with Crippen LogP contribution in [0.2, 0.25) is 0 Å². The lowest BCUT2D eigenvalue weighted by Gasteiger charge is -2.17. The number of para-hydroxylation sites is 1. The zero-order valence-corrected chi connectivity index (χ0v) is 11.4. The van der Waals surface area contributed by atoms with Gasteiger partial charge in [0.25, 0.3) is 0 Å². The summed E-state index contributed by atoms with van der Waals surface area (Å²) < 4.78 is 50.8. The summed E-state index contributed by atoms with van der Waals surface area (Å²) in [5.74, 6) is -0.201. The Bertz CT molecular complexity index is 399. The lowest BCUT2D eigenvalue weighted by molar-refractivity contribution is -0.274. The summed E-state index contributed by atoms with van der Waals surface area (Å²) in [4.78, 5) is 0. The maximum absolute atomic E-state index is 12.2. The van der Waals surface area contributed by atoms with Gasteiger partial charge in [-0.15, -0.1) is 13.2 Å². The molecule has 114 valence electrons. The molecule has 1 aromatic carbocycles. The number of alkyl halides is 3. The number of ether oxygens (including phenoxy) is 3. The minimum Gasteiger partial charge on any atom is -0.405 e. The van der Waals surface area contributed by atoms with Gasteiger partial charge in [-0.1, -0.05) is 18.2 Å². The fourth-order valence-electron chi connectivity index (χ4n) is 1.64. The Morgan fingerprint density at radius 2 is 1.90 bits per heavy atom. The molecule has 1 N–H and O–H groups in total. The van der Waals surface area contributed by atoms with E-state index < -0.39 is 6.36 Å². The maximum atomic E-state index is 12.2. The van der Waals surface area contributed by atoms with Crippen molar-refractivity contribution in [1.82, 2.24) is 5.32 Å². The predicted octanol–water partition coefficient (Wildman–Crippen LogP) is 2.34. The molecule has 20 heavy (non-hydrogen) atoms. The van der Waals surface area contributed by atoms with Gasteiger partial charge in [0.15, 0.2) is 0 Å². The van der Waals surface area contributed by atoms with Gasteiger partial charge < -0.3 is 19.5 Å². The molecule has 4 nitrogen and oxygen atoms in total. The van der Waals surface area contributed by atoms with Crippen molar-refractivity contribution in [2.24, 2.45) is 0 Å². The summed E-state index contributed by atoms with van der Waals surface area (Å²) in [6, 6.07) is 6.01. The van der Waals surface area contributed by atoms with E-state index in [9.17, 15) is 13.2 Å². The third-order valence-corrected chi connectivity index (χ3v) is 2.57. The summed E-state index contributed by atoms with van der Waals surface area (Å²) in [7, 11) is 3.10. The Morgan fingerprint density at radius 3 is 2.50 bits per heavy atom. The molecule has 1 rings (SSSR count). The van der Waals surface area contributed by atoms with Crippen LogP contribution in [0.15, 0.2) is 24.3 Å². The molecule has 0 bridgehead atoms. The molecule has 0 heterocycles.